The van der Waals surface area contributed by atoms with Gasteiger partial charge in [-0.25, -0.2) is 0 Å². The van der Waals surface area contributed by atoms with Crippen LogP contribution in [0.3, 0.4) is 0 Å². The van der Waals surface area contributed by atoms with E-state index in [0.29, 0.717) is 13.1 Å². The lowest BCUT2D eigenvalue weighted by Gasteiger charge is -2.24. The zero-order chi connectivity index (χ0) is 13.4. The molecule has 1 saturated heterocycles. The summed E-state index contributed by atoms with van der Waals surface area (Å²) in [6.07, 6.45) is 2.24. The van der Waals surface area contributed by atoms with Crippen LogP contribution in [0.15, 0.2) is 0 Å². The van der Waals surface area contributed by atoms with Crippen LogP contribution in [0.5, 0.6) is 0 Å². The molecule has 0 aliphatic carbocycles. The number of carbonyl (C=O) groups is 2. The molecule has 6 heteroatoms. The van der Waals surface area contributed by atoms with Crippen LogP contribution in [-0.2, 0) is 23.8 Å². The van der Waals surface area contributed by atoms with E-state index in [0.717, 1.165) is 19.4 Å². The molecule has 0 aromatic carbocycles. The number of nitrogens with zero attached hydrogens (tertiary/aromatic N) is 1. The SMILES string of the molecule is COCC(=O)N(CCC(=O)OC)CC1CCCO1. The first-order valence-electron chi connectivity index (χ1n) is 6.12. The molecule has 1 amide bonds. The van der Waals surface area contributed by atoms with Gasteiger partial charge in [-0.15, -0.1) is 0 Å². The van der Waals surface area contributed by atoms with E-state index in [-0.39, 0.29) is 31.0 Å². The maximum atomic E-state index is 11.8. The Balaban J connectivity index is 2.44. The quantitative estimate of drug-likeness (QED) is 0.611. The van der Waals surface area contributed by atoms with E-state index >= 15 is 0 Å². The topological polar surface area (TPSA) is 65.1 Å². The van der Waals surface area contributed by atoms with Crippen molar-refractivity contribution in [2.45, 2.75) is 25.4 Å². The van der Waals surface area contributed by atoms with Crippen molar-refractivity contribution in [2.24, 2.45) is 0 Å². The smallest absolute Gasteiger partial charge is 0.307 e. The van der Waals surface area contributed by atoms with Gasteiger partial charge in [0, 0.05) is 26.8 Å². The molecule has 0 radical (unpaired) electrons. The van der Waals surface area contributed by atoms with Crippen molar-refractivity contribution in [3.63, 3.8) is 0 Å². The molecule has 0 aromatic heterocycles. The van der Waals surface area contributed by atoms with Crippen molar-refractivity contribution in [1.29, 1.82) is 0 Å². The highest BCUT2D eigenvalue weighted by Gasteiger charge is 2.22. The van der Waals surface area contributed by atoms with Crippen LogP contribution in [0.25, 0.3) is 0 Å². The molecule has 0 saturated carbocycles. The van der Waals surface area contributed by atoms with E-state index < -0.39 is 0 Å². The van der Waals surface area contributed by atoms with Gasteiger partial charge in [-0.05, 0) is 12.8 Å². The molecule has 1 atom stereocenters. The van der Waals surface area contributed by atoms with E-state index in [2.05, 4.69) is 4.74 Å². The van der Waals surface area contributed by atoms with Crippen molar-refractivity contribution < 1.29 is 23.8 Å². The summed E-state index contributed by atoms with van der Waals surface area (Å²) in [5.41, 5.74) is 0. The van der Waals surface area contributed by atoms with Gasteiger partial charge in [0.2, 0.25) is 5.91 Å². The van der Waals surface area contributed by atoms with Gasteiger partial charge in [-0.2, -0.15) is 0 Å². The highest BCUT2D eigenvalue weighted by molar-refractivity contribution is 5.78. The van der Waals surface area contributed by atoms with Gasteiger partial charge in [0.25, 0.3) is 0 Å². The number of amides is 1. The largest absolute Gasteiger partial charge is 0.469 e. The lowest BCUT2D eigenvalue weighted by molar-refractivity contribution is -0.143. The van der Waals surface area contributed by atoms with Crippen LogP contribution >= 0.6 is 0 Å². The van der Waals surface area contributed by atoms with Crippen molar-refractivity contribution >= 4 is 11.9 Å². The van der Waals surface area contributed by atoms with Crippen LogP contribution in [0, 0.1) is 0 Å². The molecule has 104 valence electrons. The van der Waals surface area contributed by atoms with Crippen molar-refractivity contribution in [3.8, 4) is 0 Å². The van der Waals surface area contributed by atoms with Gasteiger partial charge >= 0.3 is 5.97 Å². The molecule has 0 N–H and O–H groups in total. The summed E-state index contributed by atoms with van der Waals surface area (Å²) < 4.78 is 14.9. The maximum Gasteiger partial charge on any atom is 0.307 e. The third-order valence-electron chi connectivity index (χ3n) is 2.88. The molecule has 1 aliphatic heterocycles. The molecule has 0 bridgehead atoms. The Morgan fingerprint density at radius 2 is 2.17 bits per heavy atom. The van der Waals surface area contributed by atoms with E-state index in [4.69, 9.17) is 9.47 Å². The maximum absolute atomic E-state index is 11.8. The molecule has 0 aromatic rings. The summed E-state index contributed by atoms with van der Waals surface area (Å²) in [6.45, 7) is 1.62. The Kier molecular flexibility index (Phi) is 6.67. The molecule has 18 heavy (non-hydrogen) atoms. The molecule has 1 unspecified atom stereocenters. The highest BCUT2D eigenvalue weighted by atomic mass is 16.5. The molecule has 6 nitrogen and oxygen atoms in total. The van der Waals surface area contributed by atoms with E-state index in [9.17, 15) is 9.59 Å². The average molecular weight is 259 g/mol. The van der Waals surface area contributed by atoms with Gasteiger partial charge in [0.05, 0.1) is 19.6 Å². The monoisotopic (exact) mass is 259 g/mol. The van der Waals surface area contributed by atoms with Gasteiger partial charge in [0.15, 0.2) is 0 Å². The number of carbonyl (C=O) groups excluding carboxylic acids is 2. The first-order chi connectivity index (χ1) is 8.67. The summed E-state index contributed by atoms with van der Waals surface area (Å²) in [7, 11) is 2.81. The lowest BCUT2D eigenvalue weighted by Crippen LogP contribution is -2.40. The van der Waals surface area contributed by atoms with Gasteiger partial charge < -0.3 is 19.1 Å². The van der Waals surface area contributed by atoms with Gasteiger partial charge in [-0.3, -0.25) is 9.59 Å². The minimum atomic E-state index is -0.322. The Morgan fingerprint density at radius 1 is 1.39 bits per heavy atom. The van der Waals surface area contributed by atoms with Crippen LogP contribution in [0.2, 0.25) is 0 Å². The fourth-order valence-corrected chi connectivity index (χ4v) is 1.90. The minimum Gasteiger partial charge on any atom is -0.469 e. The molecular weight excluding hydrogens is 238 g/mol. The number of rotatable bonds is 7. The van der Waals surface area contributed by atoms with Gasteiger partial charge in [-0.1, -0.05) is 0 Å². The van der Waals surface area contributed by atoms with E-state index in [1.165, 1.54) is 14.2 Å². The summed E-state index contributed by atoms with van der Waals surface area (Å²) in [4.78, 5) is 24.5. The highest BCUT2D eigenvalue weighted by Crippen LogP contribution is 2.13. The van der Waals surface area contributed by atoms with Crippen molar-refractivity contribution in [3.05, 3.63) is 0 Å². The van der Waals surface area contributed by atoms with E-state index in [1.807, 2.05) is 0 Å². The number of esters is 1. The zero-order valence-corrected chi connectivity index (χ0v) is 11.0. The Morgan fingerprint density at radius 3 is 2.72 bits per heavy atom. The van der Waals surface area contributed by atoms with Crippen molar-refractivity contribution in [1.82, 2.24) is 4.90 Å². The number of hydrogen-bond acceptors (Lipinski definition) is 5. The summed E-state index contributed by atoms with van der Waals surface area (Å²) in [5.74, 6) is -0.450. The summed E-state index contributed by atoms with van der Waals surface area (Å²) in [6, 6.07) is 0. The second-order valence-corrected chi connectivity index (χ2v) is 4.23. The number of methoxy groups -OCH3 is 2. The molecule has 1 aliphatic rings. The van der Waals surface area contributed by atoms with Crippen LogP contribution in [0.4, 0.5) is 0 Å². The molecule has 0 spiro atoms. The zero-order valence-electron chi connectivity index (χ0n) is 11.0. The Hall–Kier alpha value is -1.14. The predicted octanol–water partition coefficient (Wildman–Crippen LogP) is 0.204. The van der Waals surface area contributed by atoms with E-state index in [1.54, 1.807) is 4.90 Å². The fraction of sp³-hybridized carbons (Fsp3) is 0.833. The second kappa shape index (κ2) is 8.05. The fourth-order valence-electron chi connectivity index (χ4n) is 1.90. The lowest BCUT2D eigenvalue weighted by atomic mass is 10.2. The van der Waals surface area contributed by atoms with Crippen LogP contribution in [0.1, 0.15) is 19.3 Å². The summed E-state index contributed by atoms with van der Waals surface area (Å²) in [5, 5.41) is 0. The average Bonchev–Trinajstić information content (AvgIpc) is 2.87. The molecule has 1 rings (SSSR count). The van der Waals surface area contributed by atoms with Crippen LogP contribution in [-0.4, -0.2) is 63.4 Å². The van der Waals surface area contributed by atoms with Crippen LogP contribution < -0.4 is 0 Å². The third kappa shape index (κ3) is 5.01. The Labute approximate surface area is 107 Å². The predicted molar refractivity (Wildman–Crippen MR) is 64.1 cm³/mol. The molecular formula is C12H21NO5. The Bertz CT molecular complexity index is 276. The first kappa shape index (κ1) is 14.9. The normalized spacial score (nSPS) is 18.7. The summed E-state index contributed by atoms with van der Waals surface area (Å²) >= 11 is 0. The van der Waals surface area contributed by atoms with Gasteiger partial charge in [0.1, 0.15) is 6.61 Å². The number of ether oxygens (including phenoxy) is 3. The molecule has 1 fully saturated rings. The second-order valence-electron chi connectivity index (χ2n) is 4.23. The first-order valence-corrected chi connectivity index (χ1v) is 6.12. The third-order valence-corrected chi connectivity index (χ3v) is 2.88. The van der Waals surface area contributed by atoms with Crippen molar-refractivity contribution in [2.75, 3.05) is 40.5 Å². The molecule has 1 heterocycles. The number of hydrogen-bond donors (Lipinski definition) is 0. The standard InChI is InChI=1S/C12H21NO5/c1-16-9-11(14)13(6-5-12(15)17-2)8-10-4-3-7-18-10/h10H,3-9H2,1-2H3. The minimum absolute atomic E-state index is 0.0217.